The lowest BCUT2D eigenvalue weighted by Crippen LogP contribution is -2.43. The molecule has 1 fully saturated rings. The Hall–Kier alpha value is -1.01. The lowest BCUT2D eigenvalue weighted by atomic mass is 10.2. The van der Waals surface area contributed by atoms with E-state index < -0.39 is 10.2 Å². The van der Waals surface area contributed by atoms with Crippen LogP contribution >= 0.6 is 11.3 Å². The van der Waals surface area contributed by atoms with Gasteiger partial charge in [-0.05, 0) is 26.7 Å². The Bertz CT molecular complexity index is 635. The molecule has 1 aromatic rings. The van der Waals surface area contributed by atoms with Gasteiger partial charge in [0.2, 0.25) is 0 Å². The maximum Gasteiger partial charge on any atom is 0.282 e. The van der Waals surface area contributed by atoms with E-state index in [1.165, 1.54) is 27.0 Å². The van der Waals surface area contributed by atoms with Crippen molar-refractivity contribution >= 4 is 21.5 Å². The second-order valence-corrected chi connectivity index (χ2v) is 8.43. The Labute approximate surface area is 130 Å². The summed E-state index contributed by atoms with van der Waals surface area (Å²) in [5, 5.41) is 11.7. The molecule has 2 atom stereocenters. The SMILES string of the molecule is Cc1nc([C@H]2CCCN2S(=O)(=O)N(C)C[C@@H](C)C#N)cs1. The largest absolute Gasteiger partial charge is 0.282 e. The fraction of sp³-hybridized carbons (Fsp3) is 0.692. The summed E-state index contributed by atoms with van der Waals surface area (Å²) in [7, 11) is -2.02. The number of thiazole rings is 1. The van der Waals surface area contributed by atoms with E-state index in [2.05, 4.69) is 11.1 Å². The van der Waals surface area contributed by atoms with Crippen LogP contribution in [0.2, 0.25) is 0 Å². The predicted molar refractivity (Wildman–Crippen MR) is 81.9 cm³/mol. The third kappa shape index (κ3) is 3.43. The molecule has 0 aliphatic carbocycles. The fourth-order valence-corrected chi connectivity index (χ4v) is 4.87. The van der Waals surface area contributed by atoms with E-state index in [0.29, 0.717) is 6.54 Å². The van der Waals surface area contributed by atoms with Crippen LogP contribution in [0.4, 0.5) is 0 Å². The monoisotopic (exact) mass is 328 g/mol. The van der Waals surface area contributed by atoms with Crippen molar-refractivity contribution in [3.63, 3.8) is 0 Å². The van der Waals surface area contributed by atoms with E-state index in [-0.39, 0.29) is 18.5 Å². The molecule has 0 saturated carbocycles. The summed E-state index contributed by atoms with van der Waals surface area (Å²) in [5.41, 5.74) is 0.834. The van der Waals surface area contributed by atoms with Crippen molar-refractivity contribution in [1.29, 1.82) is 5.26 Å². The molecule has 8 heteroatoms. The highest BCUT2D eigenvalue weighted by molar-refractivity contribution is 7.86. The zero-order valence-electron chi connectivity index (χ0n) is 12.5. The van der Waals surface area contributed by atoms with Gasteiger partial charge in [-0.25, -0.2) is 4.98 Å². The van der Waals surface area contributed by atoms with Crippen LogP contribution in [0.3, 0.4) is 0 Å². The first-order valence-corrected chi connectivity index (χ1v) is 9.18. The van der Waals surface area contributed by atoms with Crippen molar-refractivity contribution in [3.05, 3.63) is 16.1 Å². The van der Waals surface area contributed by atoms with Gasteiger partial charge in [-0.1, -0.05) is 0 Å². The summed E-state index contributed by atoms with van der Waals surface area (Å²) in [5.74, 6) is -0.327. The van der Waals surface area contributed by atoms with E-state index in [4.69, 9.17) is 5.26 Å². The fourth-order valence-electron chi connectivity index (χ4n) is 2.54. The highest BCUT2D eigenvalue weighted by Crippen LogP contribution is 2.35. The molecule has 0 amide bonds. The van der Waals surface area contributed by atoms with Gasteiger partial charge in [0.25, 0.3) is 10.2 Å². The van der Waals surface area contributed by atoms with Crippen molar-refractivity contribution in [1.82, 2.24) is 13.6 Å². The summed E-state index contributed by atoms with van der Waals surface area (Å²) in [6.07, 6.45) is 1.63. The van der Waals surface area contributed by atoms with Gasteiger partial charge >= 0.3 is 0 Å². The second-order valence-electron chi connectivity index (χ2n) is 5.38. The van der Waals surface area contributed by atoms with Crippen molar-refractivity contribution in [3.8, 4) is 6.07 Å². The van der Waals surface area contributed by atoms with Crippen molar-refractivity contribution in [2.75, 3.05) is 20.1 Å². The first-order chi connectivity index (χ1) is 9.86. The molecule has 0 unspecified atom stereocenters. The van der Waals surface area contributed by atoms with Gasteiger partial charge < -0.3 is 0 Å². The molecule has 0 radical (unpaired) electrons. The van der Waals surface area contributed by atoms with Crippen LogP contribution in [0.25, 0.3) is 0 Å². The molecule has 0 aromatic carbocycles. The first-order valence-electron chi connectivity index (χ1n) is 6.91. The van der Waals surface area contributed by atoms with Gasteiger partial charge in [0, 0.05) is 25.5 Å². The molecule has 1 aromatic heterocycles. The van der Waals surface area contributed by atoms with Crippen LogP contribution in [-0.2, 0) is 10.2 Å². The Morgan fingerprint density at radius 1 is 1.67 bits per heavy atom. The molecule has 0 N–H and O–H groups in total. The summed E-state index contributed by atoms with van der Waals surface area (Å²) < 4.78 is 28.2. The number of aromatic nitrogens is 1. The second kappa shape index (κ2) is 6.40. The molecule has 2 heterocycles. The van der Waals surface area contributed by atoms with Crippen LogP contribution in [0, 0.1) is 24.2 Å². The Balaban J connectivity index is 2.20. The number of aryl methyl sites for hydroxylation is 1. The Morgan fingerprint density at radius 3 is 2.95 bits per heavy atom. The first kappa shape index (κ1) is 16.4. The maximum atomic E-state index is 12.7. The standard InChI is InChI=1S/C13H20N4O2S2/c1-10(7-14)8-16(3)21(18,19)17-6-4-5-13(17)12-9-20-11(2)15-12/h9-10,13H,4-6,8H2,1-3H3/t10-,13+/m0/s1. The number of rotatable bonds is 5. The summed E-state index contributed by atoms with van der Waals surface area (Å²) >= 11 is 1.54. The molecule has 116 valence electrons. The number of hydrogen-bond donors (Lipinski definition) is 0. The molecule has 0 spiro atoms. The van der Waals surface area contributed by atoms with Gasteiger partial charge in [0.05, 0.1) is 28.7 Å². The predicted octanol–water partition coefficient (Wildman–Crippen LogP) is 1.92. The third-order valence-electron chi connectivity index (χ3n) is 3.62. The number of nitriles is 1. The normalized spacial score (nSPS) is 21.6. The van der Waals surface area contributed by atoms with Gasteiger partial charge in [0.1, 0.15) is 0 Å². The minimum Gasteiger partial charge on any atom is -0.245 e. The quantitative estimate of drug-likeness (QED) is 0.827. The minimum absolute atomic E-state index is 0.181. The van der Waals surface area contributed by atoms with E-state index in [1.54, 1.807) is 6.92 Å². The maximum absolute atomic E-state index is 12.7. The molecule has 1 aliphatic rings. The van der Waals surface area contributed by atoms with Gasteiger partial charge in [-0.3, -0.25) is 0 Å². The van der Waals surface area contributed by atoms with E-state index in [9.17, 15) is 8.42 Å². The molecular weight excluding hydrogens is 308 g/mol. The van der Waals surface area contributed by atoms with Gasteiger partial charge in [-0.15, -0.1) is 11.3 Å². The van der Waals surface area contributed by atoms with Crippen molar-refractivity contribution in [2.45, 2.75) is 32.7 Å². The Morgan fingerprint density at radius 2 is 2.38 bits per heavy atom. The third-order valence-corrected chi connectivity index (χ3v) is 6.38. The van der Waals surface area contributed by atoms with Crippen LogP contribution in [0.15, 0.2) is 5.38 Å². The Kier molecular flexibility index (Phi) is 4.99. The topological polar surface area (TPSA) is 77.3 Å². The van der Waals surface area contributed by atoms with Crippen molar-refractivity contribution < 1.29 is 8.42 Å². The van der Waals surface area contributed by atoms with Gasteiger partial charge in [0.15, 0.2) is 0 Å². The zero-order chi connectivity index (χ0) is 15.6. The minimum atomic E-state index is -3.55. The number of hydrogen-bond acceptors (Lipinski definition) is 5. The van der Waals surface area contributed by atoms with Crippen LogP contribution in [-0.4, -0.2) is 42.1 Å². The van der Waals surface area contributed by atoms with E-state index in [0.717, 1.165) is 23.5 Å². The van der Waals surface area contributed by atoms with E-state index in [1.807, 2.05) is 12.3 Å². The molecule has 0 bridgehead atoms. The summed E-state index contributed by atoms with van der Waals surface area (Å²) in [4.78, 5) is 4.43. The molecule has 6 nitrogen and oxygen atoms in total. The molecule has 2 rings (SSSR count). The average molecular weight is 328 g/mol. The molecule has 21 heavy (non-hydrogen) atoms. The number of nitrogens with zero attached hydrogens (tertiary/aromatic N) is 4. The van der Waals surface area contributed by atoms with Crippen LogP contribution < -0.4 is 0 Å². The lowest BCUT2D eigenvalue weighted by Gasteiger charge is -2.28. The lowest BCUT2D eigenvalue weighted by molar-refractivity contribution is 0.336. The van der Waals surface area contributed by atoms with Crippen molar-refractivity contribution in [2.24, 2.45) is 5.92 Å². The molecular formula is C13H20N4O2S2. The summed E-state index contributed by atoms with van der Waals surface area (Å²) in [6, 6.07) is 1.89. The van der Waals surface area contributed by atoms with Crippen LogP contribution in [0.5, 0.6) is 0 Å². The highest BCUT2D eigenvalue weighted by Gasteiger charge is 2.38. The summed E-state index contributed by atoms with van der Waals surface area (Å²) in [6.45, 7) is 4.35. The molecule has 1 saturated heterocycles. The van der Waals surface area contributed by atoms with Crippen LogP contribution in [0.1, 0.15) is 36.5 Å². The highest BCUT2D eigenvalue weighted by atomic mass is 32.2. The van der Waals surface area contributed by atoms with E-state index >= 15 is 0 Å². The smallest absolute Gasteiger partial charge is 0.245 e. The zero-order valence-corrected chi connectivity index (χ0v) is 14.1. The van der Waals surface area contributed by atoms with Gasteiger partial charge in [-0.2, -0.15) is 22.3 Å². The molecule has 1 aliphatic heterocycles. The average Bonchev–Trinajstić information content (AvgIpc) is 3.06.